The third-order valence-corrected chi connectivity index (χ3v) is 4.60. The molecule has 0 aliphatic heterocycles. The molecule has 2 rings (SSSR count). The summed E-state index contributed by atoms with van der Waals surface area (Å²) < 4.78 is 4.92. The van der Waals surface area contributed by atoms with Crippen LogP contribution in [0.2, 0.25) is 0 Å². The minimum Gasteiger partial charge on any atom is -0.360 e. The van der Waals surface area contributed by atoms with E-state index in [0.29, 0.717) is 16.8 Å². The lowest BCUT2D eigenvalue weighted by atomic mass is 9.95. The molecule has 0 aromatic carbocycles. The van der Waals surface area contributed by atoms with Gasteiger partial charge in [-0.1, -0.05) is 24.9 Å². The molecule has 1 aliphatic rings. The smallest absolute Gasteiger partial charge is 0.320 e. The molecule has 6 heteroatoms. The van der Waals surface area contributed by atoms with Crippen molar-refractivity contribution in [3.8, 4) is 0 Å². The van der Waals surface area contributed by atoms with E-state index in [1.165, 1.54) is 19.3 Å². The number of aryl methyl sites for hydroxylation is 1. The van der Waals surface area contributed by atoms with Gasteiger partial charge in [-0.15, -0.1) is 0 Å². The van der Waals surface area contributed by atoms with Crippen molar-refractivity contribution >= 4 is 23.6 Å². The number of urea groups is 1. The summed E-state index contributed by atoms with van der Waals surface area (Å²) in [4.78, 5) is 11.9. The van der Waals surface area contributed by atoms with Crippen molar-refractivity contribution in [2.24, 2.45) is 0 Å². The lowest BCUT2D eigenvalue weighted by Gasteiger charge is -2.31. The fraction of sp³-hybridized carbons (Fsp3) is 0.692. The zero-order chi connectivity index (χ0) is 13.7. The number of hydrogen-bond donors (Lipinski definition) is 2. The van der Waals surface area contributed by atoms with Crippen molar-refractivity contribution in [2.45, 2.75) is 50.8 Å². The summed E-state index contributed by atoms with van der Waals surface area (Å²) in [7, 11) is 0. The van der Waals surface area contributed by atoms with E-state index >= 15 is 0 Å². The van der Waals surface area contributed by atoms with E-state index in [9.17, 15) is 4.79 Å². The molecule has 0 radical (unpaired) electrons. The monoisotopic (exact) mass is 283 g/mol. The van der Waals surface area contributed by atoms with E-state index in [1.54, 1.807) is 13.0 Å². The second kappa shape index (κ2) is 6.84. The molecule has 0 unspecified atom stereocenters. The van der Waals surface area contributed by atoms with E-state index in [-0.39, 0.29) is 12.1 Å². The van der Waals surface area contributed by atoms with Gasteiger partial charge >= 0.3 is 6.03 Å². The maximum atomic E-state index is 11.9. The van der Waals surface area contributed by atoms with Gasteiger partial charge in [0.15, 0.2) is 5.82 Å². The molecule has 1 saturated carbocycles. The second-order valence-corrected chi connectivity index (χ2v) is 6.32. The second-order valence-electron chi connectivity index (χ2n) is 4.81. The third kappa shape index (κ3) is 4.16. The van der Waals surface area contributed by atoms with Crippen molar-refractivity contribution in [3.63, 3.8) is 0 Å². The highest BCUT2D eigenvalue weighted by molar-refractivity contribution is 7.99. The SMILES string of the molecule is CCS[C@H]1CCCC[C@H]1NC(=O)Nc1cc(C)on1. The molecule has 0 bridgehead atoms. The first-order chi connectivity index (χ1) is 9.19. The molecule has 5 nitrogen and oxygen atoms in total. The van der Waals surface area contributed by atoms with Gasteiger partial charge in [0.25, 0.3) is 0 Å². The number of nitrogens with zero attached hydrogens (tertiary/aromatic N) is 1. The lowest BCUT2D eigenvalue weighted by Crippen LogP contribution is -2.45. The molecule has 2 N–H and O–H groups in total. The Balaban J connectivity index is 1.86. The Kier molecular flexibility index (Phi) is 5.13. The van der Waals surface area contributed by atoms with Crippen LogP contribution >= 0.6 is 11.8 Å². The molecular weight excluding hydrogens is 262 g/mol. The standard InChI is InChI=1S/C13H21N3O2S/c1-3-19-11-7-5-4-6-10(11)14-13(17)15-12-8-9(2)18-16-12/h8,10-11H,3-7H2,1-2H3,(H2,14,15,16,17)/t10-,11+/m1/s1. The molecule has 2 amide bonds. The number of anilines is 1. The van der Waals surface area contributed by atoms with Crippen molar-refractivity contribution in [2.75, 3.05) is 11.1 Å². The Bertz CT molecular complexity index is 420. The van der Waals surface area contributed by atoms with Crippen LogP contribution in [0.4, 0.5) is 10.6 Å². The summed E-state index contributed by atoms with van der Waals surface area (Å²) in [5.41, 5.74) is 0. The normalized spacial score (nSPS) is 23.1. The number of carbonyl (C=O) groups is 1. The van der Waals surface area contributed by atoms with Crippen LogP contribution in [-0.4, -0.2) is 28.2 Å². The molecule has 2 atom stereocenters. The molecule has 1 heterocycles. The Labute approximate surface area is 117 Å². The minimum atomic E-state index is -0.193. The molecular formula is C13H21N3O2S. The highest BCUT2D eigenvalue weighted by Gasteiger charge is 2.26. The van der Waals surface area contributed by atoms with Crippen LogP contribution in [-0.2, 0) is 0 Å². The Morgan fingerprint density at radius 3 is 3.00 bits per heavy atom. The number of rotatable bonds is 4. The van der Waals surface area contributed by atoms with Crippen molar-refractivity contribution < 1.29 is 9.32 Å². The van der Waals surface area contributed by atoms with E-state index in [0.717, 1.165) is 12.2 Å². The highest BCUT2D eigenvalue weighted by atomic mass is 32.2. The van der Waals surface area contributed by atoms with E-state index in [1.807, 2.05) is 11.8 Å². The van der Waals surface area contributed by atoms with Gasteiger partial charge in [-0.2, -0.15) is 11.8 Å². The summed E-state index contributed by atoms with van der Waals surface area (Å²) in [6, 6.07) is 1.77. The fourth-order valence-electron chi connectivity index (χ4n) is 2.42. The quantitative estimate of drug-likeness (QED) is 0.890. The molecule has 1 aliphatic carbocycles. The van der Waals surface area contributed by atoms with Gasteiger partial charge < -0.3 is 9.84 Å². The Morgan fingerprint density at radius 1 is 1.53 bits per heavy atom. The zero-order valence-electron chi connectivity index (χ0n) is 11.4. The highest BCUT2D eigenvalue weighted by Crippen LogP contribution is 2.28. The van der Waals surface area contributed by atoms with Crippen LogP contribution in [0.1, 0.15) is 38.4 Å². The van der Waals surface area contributed by atoms with Gasteiger partial charge in [0.1, 0.15) is 5.76 Å². The van der Waals surface area contributed by atoms with Crippen LogP contribution in [0.15, 0.2) is 10.6 Å². The van der Waals surface area contributed by atoms with E-state index in [4.69, 9.17) is 4.52 Å². The number of nitrogens with one attached hydrogen (secondary N) is 2. The predicted octanol–water partition coefficient (Wildman–Crippen LogP) is 3.17. The van der Waals surface area contributed by atoms with Crippen molar-refractivity contribution in [3.05, 3.63) is 11.8 Å². The van der Waals surface area contributed by atoms with Crippen molar-refractivity contribution in [1.82, 2.24) is 10.5 Å². The first-order valence-electron chi connectivity index (χ1n) is 6.81. The molecule has 0 spiro atoms. The first-order valence-corrected chi connectivity index (χ1v) is 7.86. The Hall–Kier alpha value is -1.17. The van der Waals surface area contributed by atoms with Crippen LogP contribution in [0, 0.1) is 6.92 Å². The summed E-state index contributed by atoms with van der Waals surface area (Å²) in [6.45, 7) is 3.96. The van der Waals surface area contributed by atoms with Crippen molar-refractivity contribution in [1.29, 1.82) is 0 Å². The molecule has 106 valence electrons. The molecule has 1 aromatic heterocycles. The third-order valence-electron chi connectivity index (χ3n) is 3.27. The van der Waals surface area contributed by atoms with Crippen LogP contribution in [0.3, 0.4) is 0 Å². The molecule has 0 saturated heterocycles. The summed E-state index contributed by atoms with van der Waals surface area (Å²) in [5, 5.41) is 10.1. The summed E-state index contributed by atoms with van der Waals surface area (Å²) in [5.74, 6) is 2.24. The number of carbonyl (C=O) groups excluding carboxylic acids is 1. The zero-order valence-corrected chi connectivity index (χ0v) is 12.3. The fourth-order valence-corrected chi connectivity index (χ4v) is 3.62. The molecule has 1 aromatic rings. The lowest BCUT2D eigenvalue weighted by molar-refractivity contribution is 0.244. The first kappa shape index (κ1) is 14.2. The molecule has 19 heavy (non-hydrogen) atoms. The maximum absolute atomic E-state index is 11.9. The van der Waals surface area contributed by atoms with E-state index in [2.05, 4.69) is 22.7 Å². The van der Waals surface area contributed by atoms with Gasteiger partial charge in [-0.25, -0.2) is 4.79 Å². The largest absolute Gasteiger partial charge is 0.360 e. The van der Waals surface area contributed by atoms with Gasteiger partial charge in [-0.3, -0.25) is 5.32 Å². The average Bonchev–Trinajstić information content (AvgIpc) is 2.77. The van der Waals surface area contributed by atoms with Gasteiger partial charge in [0.2, 0.25) is 0 Å². The predicted molar refractivity (Wildman–Crippen MR) is 77.6 cm³/mol. The van der Waals surface area contributed by atoms with Gasteiger partial charge in [0, 0.05) is 17.4 Å². The van der Waals surface area contributed by atoms with Crippen LogP contribution in [0.5, 0.6) is 0 Å². The number of thioether (sulfide) groups is 1. The maximum Gasteiger partial charge on any atom is 0.320 e. The van der Waals surface area contributed by atoms with E-state index < -0.39 is 0 Å². The number of hydrogen-bond acceptors (Lipinski definition) is 4. The number of amides is 2. The number of aromatic nitrogens is 1. The minimum absolute atomic E-state index is 0.193. The van der Waals surface area contributed by atoms with Gasteiger partial charge in [-0.05, 0) is 25.5 Å². The molecule has 1 fully saturated rings. The van der Waals surface area contributed by atoms with Gasteiger partial charge in [0.05, 0.1) is 0 Å². The average molecular weight is 283 g/mol. The summed E-state index contributed by atoms with van der Waals surface area (Å²) in [6.07, 6.45) is 4.70. The van der Waals surface area contributed by atoms with Crippen LogP contribution in [0.25, 0.3) is 0 Å². The summed E-state index contributed by atoms with van der Waals surface area (Å²) >= 11 is 1.94. The topological polar surface area (TPSA) is 67.2 Å². The Morgan fingerprint density at radius 2 is 2.32 bits per heavy atom. The van der Waals surface area contributed by atoms with Crippen LogP contribution < -0.4 is 10.6 Å².